The third-order valence-electron chi connectivity index (χ3n) is 2.68. The molecule has 0 saturated carbocycles. The summed E-state index contributed by atoms with van der Waals surface area (Å²) < 4.78 is 0.880. The van der Waals surface area contributed by atoms with Gasteiger partial charge in [0.05, 0.1) is 5.69 Å². The Kier molecular flexibility index (Phi) is 5.35. The maximum Gasteiger partial charge on any atom is 0.328 e. The molecule has 1 aromatic carbocycles. The van der Waals surface area contributed by atoms with E-state index in [1.807, 2.05) is 39.2 Å². The summed E-state index contributed by atoms with van der Waals surface area (Å²) in [6, 6.07) is 5.58. The Morgan fingerprint density at radius 1 is 1.32 bits per heavy atom. The zero-order chi connectivity index (χ0) is 14.6. The van der Waals surface area contributed by atoms with E-state index in [4.69, 9.17) is 0 Å². The highest BCUT2D eigenvalue weighted by molar-refractivity contribution is 9.10. The van der Waals surface area contributed by atoms with Crippen LogP contribution in [0.25, 0.3) is 0 Å². The highest BCUT2D eigenvalue weighted by Crippen LogP contribution is 2.28. The third kappa shape index (κ3) is 3.70. The summed E-state index contributed by atoms with van der Waals surface area (Å²) in [5.41, 5.74) is 1.86. The lowest BCUT2D eigenvalue weighted by Crippen LogP contribution is -2.46. The zero-order valence-electron chi connectivity index (χ0n) is 11.9. The smallest absolute Gasteiger partial charge is 0.328 e. The number of rotatable bonds is 1. The van der Waals surface area contributed by atoms with E-state index in [0.29, 0.717) is 5.96 Å². The van der Waals surface area contributed by atoms with Crippen LogP contribution in [0.3, 0.4) is 0 Å². The Labute approximate surface area is 122 Å². The first-order chi connectivity index (χ1) is 8.88. The number of para-hydroxylation sites is 1. The van der Waals surface area contributed by atoms with Crippen LogP contribution in [-0.4, -0.2) is 45.1 Å². The Morgan fingerprint density at radius 2 is 1.95 bits per heavy atom. The van der Waals surface area contributed by atoms with Crippen molar-refractivity contribution in [3.05, 3.63) is 28.2 Å². The van der Waals surface area contributed by atoms with Crippen LogP contribution in [-0.2, 0) is 0 Å². The SMILES string of the molecule is CN=C(NC(=O)N(C)c1c(C)cccc1Br)N(C)C. The van der Waals surface area contributed by atoms with Crippen molar-refractivity contribution in [1.29, 1.82) is 0 Å². The minimum absolute atomic E-state index is 0.232. The van der Waals surface area contributed by atoms with Crippen LogP contribution in [0.2, 0.25) is 0 Å². The molecular weight excluding hydrogens is 308 g/mol. The molecule has 0 aliphatic rings. The Hall–Kier alpha value is -1.56. The summed E-state index contributed by atoms with van der Waals surface area (Å²) in [5.74, 6) is 0.515. The summed E-state index contributed by atoms with van der Waals surface area (Å²) in [5, 5.41) is 2.76. The van der Waals surface area contributed by atoms with Gasteiger partial charge >= 0.3 is 6.03 Å². The second-order valence-corrected chi connectivity index (χ2v) is 5.19. The van der Waals surface area contributed by atoms with Gasteiger partial charge in [0.25, 0.3) is 0 Å². The summed E-state index contributed by atoms with van der Waals surface area (Å²) in [6.45, 7) is 1.96. The molecule has 0 aromatic heterocycles. The van der Waals surface area contributed by atoms with Crippen LogP contribution in [0.15, 0.2) is 27.7 Å². The number of nitrogens with one attached hydrogen (secondary N) is 1. The van der Waals surface area contributed by atoms with Gasteiger partial charge in [0.2, 0.25) is 5.96 Å². The fraction of sp³-hybridized carbons (Fsp3) is 0.385. The van der Waals surface area contributed by atoms with Crippen LogP contribution in [0.4, 0.5) is 10.5 Å². The minimum Gasteiger partial charge on any atom is -0.349 e. The van der Waals surface area contributed by atoms with Gasteiger partial charge < -0.3 is 4.90 Å². The number of guanidine groups is 1. The lowest BCUT2D eigenvalue weighted by atomic mass is 10.2. The van der Waals surface area contributed by atoms with Gasteiger partial charge in [0.1, 0.15) is 0 Å². The molecule has 1 N–H and O–H groups in total. The molecule has 1 rings (SSSR count). The van der Waals surface area contributed by atoms with Crippen molar-refractivity contribution in [3.8, 4) is 0 Å². The molecule has 0 aliphatic carbocycles. The fourth-order valence-corrected chi connectivity index (χ4v) is 2.43. The van der Waals surface area contributed by atoms with Crippen molar-refractivity contribution >= 4 is 33.6 Å². The summed E-state index contributed by atoms with van der Waals surface area (Å²) in [6.07, 6.45) is 0. The van der Waals surface area contributed by atoms with Crippen molar-refractivity contribution < 1.29 is 4.79 Å². The molecule has 6 heteroatoms. The molecule has 0 unspecified atom stereocenters. The van der Waals surface area contributed by atoms with Crippen molar-refractivity contribution in [2.24, 2.45) is 4.99 Å². The first-order valence-electron chi connectivity index (χ1n) is 5.82. The first-order valence-corrected chi connectivity index (χ1v) is 6.61. The molecule has 5 nitrogen and oxygen atoms in total. The number of carbonyl (C=O) groups excluding carboxylic acids is 1. The molecule has 0 radical (unpaired) electrons. The average Bonchev–Trinajstić information content (AvgIpc) is 2.34. The van der Waals surface area contributed by atoms with Gasteiger partial charge in [0, 0.05) is 32.7 Å². The molecule has 0 bridgehead atoms. The lowest BCUT2D eigenvalue weighted by Gasteiger charge is -2.23. The number of hydrogen-bond acceptors (Lipinski definition) is 2. The standard InChI is InChI=1S/C13H19BrN4O/c1-9-7-6-8-10(14)11(9)18(5)13(19)16-12(15-2)17(3)4/h6-8H,1-5H3,(H,15,16,19). The van der Waals surface area contributed by atoms with Crippen LogP contribution >= 0.6 is 15.9 Å². The molecule has 0 aliphatic heterocycles. The Morgan fingerprint density at radius 3 is 2.42 bits per heavy atom. The number of benzene rings is 1. The number of urea groups is 1. The lowest BCUT2D eigenvalue weighted by molar-refractivity contribution is 0.250. The number of aliphatic imine (C=N–C) groups is 1. The van der Waals surface area contributed by atoms with E-state index >= 15 is 0 Å². The van der Waals surface area contributed by atoms with Crippen molar-refractivity contribution in [3.63, 3.8) is 0 Å². The van der Waals surface area contributed by atoms with Crippen molar-refractivity contribution in [2.75, 3.05) is 33.1 Å². The summed E-state index contributed by atoms with van der Waals surface area (Å²) in [7, 11) is 7.02. The molecule has 0 spiro atoms. The number of halogens is 1. The van der Waals surface area contributed by atoms with Gasteiger partial charge in [-0.05, 0) is 34.5 Å². The summed E-state index contributed by atoms with van der Waals surface area (Å²) >= 11 is 3.47. The second kappa shape index (κ2) is 6.56. The second-order valence-electron chi connectivity index (χ2n) is 4.34. The fourth-order valence-electron chi connectivity index (χ4n) is 1.70. The zero-order valence-corrected chi connectivity index (χ0v) is 13.4. The molecule has 2 amide bonds. The molecule has 0 fully saturated rings. The largest absolute Gasteiger partial charge is 0.349 e. The normalized spacial score (nSPS) is 11.2. The Balaban J connectivity index is 2.95. The maximum absolute atomic E-state index is 12.2. The van der Waals surface area contributed by atoms with E-state index in [2.05, 4.69) is 26.2 Å². The van der Waals surface area contributed by atoms with Gasteiger partial charge in [-0.25, -0.2) is 4.79 Å². The molecule has 0 heterocycles. The molecule has 1 aromatic rings. The number of hydrogen-bond donors (Lipinski definition) is 1. The van der Waals surface area contributed by atoms with Gasteiger partial charge in [0.15, 0.2) is 0 Å². The van der Waals surface area contributed by atoms with Crippen molar-refractivity contribution in [2.45, 2.75) is 6.92 Å². The van der Waals surface area contributed by atoms with E-state index in [9.17, 15) is 4.79 Å². The van der Waals surface area contributed by atoms with Gasteiger partial charge in [-0.1, -0.05) is 12.1 Å². The van der Waals surface area contributed by atoms with Crippen LogP contribution < -0.4 is 10.2 Å². The number of amides is 2. The van der Waals surface area contributed by atoms with Gasteiger partial charge in [-0.15, -0.1) is 0 Å². The van der Waals surface area contributed by atoms with Gasteiger partial charge in [-0.3, -0.25) is 15.2 Å². The number of carbonyl (C=O) groups is 1. The number of anilines is 1. The van der Waals surface area contributed by atoms with Crippen LogP contribution in [0, 0.1) is 6.92 Å². The van der Waals surface area contributed by atoms with E-state index < -0.39 is 0 Å². The summed E-state index contributed by atoms with van der Waals surface area (Å²) in [4.78, 5) is 19.5. The van der Waals surface area contributed by atoms with E-state index in [-0.39, 0.29) is 6.03 Å². The highest BCUT2D eigenvalue weighted by atomic mass is 79.9. The molecule has 104 valence electrons. The Bertz CT molecular complexity index is 479. The molecular formula is C13H19BrN4O. The molecule has 0 saturated heterocycles. The molecule has 19 heavy (non-hydrogen) atoms. The number of nitrogens with zero attached hydrogens (tertiary/aromatic N) is 3. The third-order valence-corrected chi connectivity index (χ3v) is 3.32. The quantitative estimate of drug-likeness (QED) is 0.636. The topological polar surface area (TPSA) is 47.9 Å². The maximum atomic E-state index is 12.2. The predicted molar refractivity (Wildman–Crippen MR) is 82.9 cm³/mol. The number of aryl methyl sites for hydroxylation is 1. The van der Waals surface area contributed by atoms with E-state index in [1.54, 1.807) is 23.9 Å². The average molecular weight is 327 g/mol. The minimum atomic E-state index is -0.232. The van der Waals surface area contributed by atoms with Crippen LogP contribution in [0.5, 0.6) is 0 Å². The first kappa shape index (κ1) is 15.5. The highest BCUT2D eigenvalue weighted by Gasteiger charge is 2.17. The van der Waals surface area contributed by atoms with Crippen molar-refractivity contribution in [1.82, 2.24) is 10.2 Å². The van der Waals surface area contributed by atoms with Crippen LogP contribution in [0.1, 0.15) is 5.56 Å². The predicted octanol–water partition coefficient (Wildman–Crippen LogP) is 2.45. The monoisotopic (exact) mass is 326 g/mol. The van der Waals surface area contributed by atoms with E-state index in [1.165, 1.54) is 0 Å². The van der Waals surface area contributed by atoms with Gasteiger partial charge in [-0.2, -0.15) is 0 Å². The molecule has 0 atom stereocenters. The van der Waals surface area contributed by atoms with E-state index in [0.717, 1.165) is 15.7 Å².